The summed E-state index contributed by atoms with van der Waals surface area (Å²) in [4.78, 5) is -0.154. The molecule has 0 aliphatic heterocycles. The van der Waals surface area contributed by atoms with Gasteiger partial charge in [-0.15, -0.1) is 0 Å². The zero-order chi connectivity index (χ0) is 15.4. The number of halogens is 4. The summed E-state index contributed by atoms with van der Waals surface area (Å²) in [5.74, 6) is 0.872. The Morgan fingerprint density at radius 3 is 2.43 bits per heavy atom. The van der Waals surface area contributed by atoms with Gasteiger partial charge in [0.1, 0.15) is 11.5 Å². The maximum absolute atomic E-state index is 12.3. The van der Waals surface area contributed by atoms with Crippen LogP contribution in [0.3, 0.4) is 0 Å². The van der Waals surface area contributed by atoms with E-state index in [2.05, 4.69) is 36.6 Å². The van der Waals surface area contributed by atoms with Crippen LogP contribution in [0.15, 0.2) is 46.9 Å². The largest absolute Gasteiger partial charge is 0.497 e. The predicted octanol–water partition coefficient (Wildman–Crippen LogP) is 5.54. The predicted molar refractivity (Wildman–Crippen MR) is 84.5 cm³/mol. The van der Waals surface area contributed by atoms with Crippen molar-refractivity contribution in [2.75, 3.05) is 7.11 Å². The standard InChI is InChI=1S/C15H12Br2F2O2/c1-20-10-5-6-12(13(16)8-10)14(17)9-3-2-4-11(7-9)21-15(18)19/h2-8,14-15H,1H3. The number of alkyl halides is 3. The van der Waals surface area contributed by atoms with Gasteiger partial charge in [-0.1, -0.05) is 50.1 Å². The Morgan fingerprint density at radius 1 is 1.05 bits per heavy atom. The van der Waals surface area contributed by atoms with Crippen LogP contribution in [0.4, 0.5) is 8.78 Å². The van der Waals surface area contributed by atoms with Gasteiger partial charge >= 0.3 is 6.61 Å². The first kappa shape index (κ1) is 16.2. The lowest BCUT2D eigenvalue weighted by molar-refractivity contribution is -0.0498. The number of methoxy groups -OCH3 is 1. The third kappa shape index (κ3) is 4.17. The molecule has 1 unspecified atom stereocenters. The highest BCUT2D eigenvalue weighted by Crippen LogP contribution is 2.38. The van der Waals surface area contributed by atoms with Gasteiger partial charge in [0, 0.05) is 4.47 Å². The fourth-order valence-corrected chi connectivity index (χ4v) is 3.45. The third-order valence-corrected chi connectivity index (χ3v) is 4.57. The first-order chi connectivity index (χ1) is 10.0. The van der Waals surface area contributed by atoms with Crippen LogP contribution in [0.2, 0.25) is 0 Å². The third-order valence-electron chi connectivity index (χ3n) is 2.86. The van der Waals surface area contributed by atoms with Crippen LogP contribution >= 0.6 is 31.9 Å². The Kier molecular flexibility index (Phi) is 5.58. The van der Waals surface area contributed by atoms with Crippen molar-refractivity contribution in [3.05, 3.63) is 58.1 Å². The second kappa shape index (κ2) is 7.22. The van der Waals surface area contributed by atoms with Crippen LogP contribution < -0.4 is 9.47 Å². The summed E-state index contributed by atoms with van der Waals surface area (Å²) in [7, 11) is 1.60. The molecule has 0 saturated heterocycles. The molecule has 6 heteroatoms. The van der Waals surface area contributed by atoms with Gasteiger partial charge in [-0.25, -0.2) is 0 Å². The van der Waals surface area contributed by atoms with E-state index in [1.807, 2.05) is 24.3 Å². The highest BCUT2D eigenvalue weighted by molar-refractivity contribution is 9.11. The number of rotatable bonds is 5. The lowest BCUT2D eigenvalue weighted by atomic mass is 10.0. The highest BCUT2D eigenvalue weighted by atomic mass is 79.9. The average molecular weight is 422 g/mol. The van der Waals surface area contributed by atoms with Crippen LogP contribution in [0.25, 0.3) is 0 Å². The number of ether oxygens (including phenoxy) is 2. The van der Waals surface area contributed by atoms with Gasteiger partial charge in [0.05, 0.1) is 11.9 Å². The molecule has 0 radical (unpaired) electrons. The summed E-state index contributed by atoms with van der Waals surface area (Å²) < 4.78 is 35.0. The van der Waals surface area contributed by atoms with Crippen molar-refractivity contribution in [2.24, 2.45) is 0 Å². The minimum absolute atomic E-state index is 0.136. The molecule has 0 spiro atoms. The van der Waals surface area contributed by atoms with E-state index >= 15 is 0 Å². The Labute approximate surface area is 138 Å². The lowest BCUT2D eigenvalue weighted by Crippen LogP contribution is -2.02. The molecule has 2 aromatic carbocycles. The molecule has 0 heterocycles. The molecule has 2 rings (SSSR count). The maximum Gasteiger partial charge on any atom is 0.387 e. The molecule has 21 heavy (non-hydrogen) atoms. The van der Waals surface area contributed by atoms with Crippen LogP contribution in [0.5, 0.6) is 11.5 Å². The van der Waals surface area contributed by atoms with Gasteiger partial charge in [0.25, 0.3) is 0 Å². The quantitative estimate of drug-likeness (QED) is 0.589. The Bertz CT molecular complexity index is 620. The molecule has 0 fully saturated rings. The second-order valence-corrected chi connectivity index (χ2v) is 5.97. The van der Waals surface area contributed by atoms with Crippen LogP contribution in [-0.4, -0.2) is 13.7 Å². The Hall–Kier alpha value is -1.14. The van der Waals surface area contributed by atoms with E-state index in [9.17, 15) is 8.78 Å². The van der Waals surface area contributed by atoms with Crippen molar-refractivity contribution in [1.29, 1.82) is 0 Å². The Morgan fingerprint density at radius 2 is 1.81 bits per heavy atom. The summed E-state index contributed by atoms with van der Waals surface area (Å²) >= 11 is 7.06. The molecule has 0 aliphatic rings. The summed E-state index contributed by atoms with van der Waals surface area (Å²) in [6.45, 7) is -2.83. The van der Waals surface area contributed by atoms with Gasteiger partial charge < -0.3 is 9.47 Å². The molecular formula is C15H12Br2F2O2. The van der Waals surface area contributed by atoms with Gasteiger partial charge in [-0.2, -0.15) is 8.78 Å². The maximum atomic E-state index is 12.3. The van der Waals surface area contributed by atoms with Crippen molar-refractivity contribution in [3.8, 4) is 11.5 Å². The van der Waals surface area contributed by atoms with Gasteiger partial charge in [-0.05, 0) is 35.4 Å². The summed E-state index contributed by atoms with van der Waals surface area (Å²) in [5.41, 5.74) is 1.78. The molecule has 0 saturated carbocycles. The normalized spacial score (nSPS) is 12.3. The fourth-order valence-electron chi connectivity index (χ4n) is 1.87. The van der Waals surface area contributed by atoms with E-state index in [4.69, 9.17) is 4.74 Å². The molecule has 2 aromatic rings. The zero-order valence-corrected chi connectivity index (χ0v) is 14.2. The molecular weight excluding hydrogens is 410 g/mol. The topological polar surface area (TPSA) is 18.5 Å². The first-order valence-corrected chi connectivity index (χ1v) is 7.74. The summed E-state index contributed by atoms with van der Waals surface area (Å²) in [5, 5.41) is 0. The van der Waals surface area contributed by atoms with E-state index in [0.29, 0.717) is 0 Å². The van der Waals surface area contributed by atoms with Crippen LogP contribution in [-0.2, 0) is 0 Å². The monoisotopic (exact) mass is 420 g/mol. The number of hydrogen-bond acceptors (Lipinski definition) is 2. The Balaban J connectivity index is 2.29. The molecule has 1 atom stereocenters. The van der Waals surface area contributed by atoms with E-state index in [1.165, 1.54) is 6.07 Å². The van der Waals surface area contributed by atoms with Crippen molar-refractivity contribution in [1.82, 2.24) is 0 Å². The van der Waals surface area contributed by atoms with Gasteiger partial charge in [0.15, 0.2) is 0 Å². The van der Waals surface area contributed by atoms with Crippen molar-refractivity contribution in [2.45, 2.75) is 11.4 Å². The number of hydrogen-bond donors (Lipinski definition) is 0. The molecule has 112 valence electrons. The molecule has 0 aliphatic carbocycles. The van der Waals surface area contributed by atoms with Crippen molar-refractivity contribution < 1.29 is 18.3 Å². The van der Waals surface area contributed by atoms with Crippen molar-refractivity contribution >= 4 is 31.9 Å². The van der Waals surface area contributed by atoms with Gasteiger partial charge in [0.2, 0.25) is 0 Å². The molecule has 0 amide bonds. The average Bonchev–Trinajstić information content (AvgIpc) is 2.46. The van der Waals surface area contributed by atoms with E-state index in [-0.39, 0.29) is 10.6 Å². The van der Waals surface area contributed by atoms with Crippen molar-refractivity contribution in [3.63, 3.8) is 0 Å². The zero-order valence-electron chi connectivity index (χ0n) is 11.0. The second-order valence-electron chi connectivity index (χ2n) is 4.20. The molecule has 2 nitrogen and oxygen atoms in total. The molecule has 0 N–H and O–H groups in total. The minimum Gasteiger partial charge on any atom is -0.497 e. The number of benzene rings is 2. The van der Waals surface area contributed by atoms with E-state index in [1.54, 1.807) is 19.2 Å². The first-order valence-electron chi connectivity index (χ1n) is 6.03. The minimum atomic E-state index is -2.83. The van der Waals surface area contributed by atoms with Crippen LogP contribution in [0, 0.1) is 0 Å². The smallest absolute Gasteiger partial charge is 0.387 e. The SMILES string of the molecule is COc1ccc(C(Br)c2cccc(OC(F)F)c2)c(Br)c1. The van der Waals surface area contributed by atoms with E-state index < -0.39 is 6.61 Å². The van der Waals surface area contributed by atoms with Gasteiger partial charge in [-0.3, -0.25) is 0 Å². The summed E-state index contributed by atoms with van der Waals surface area (Å²) in [6, 6.07) is 12.2. The fraction of sp³-hybridized carbons (Fsp3) is 0.200. The molecule has 0 bridgehead atoms. The highest BCUT2D eigenvalue weighted by Gasteiger charge is 2.15. The lowest BCUT2D eigenvalue weighted by Gasteiger charge is -2.15. The molecule has 0 aromatic heterocycles. The van der Waals surface area contributed by atoms with Crippen LogP contribution in [0.1, 0.15) is 16.0 Å². The summed E-state index contributed by atoms with van der Waals surface area (Å²) in [6.07, 6.45) is 0. The van der Waals surface area contributed by atoms with E-state index in [0.717, 1.165) is 21.3 Å².